The smallest absolute Gasteiger partial charge is 0.224 e. The van der Waals surface area contributed by atoms with Crippen LogP contribution >= 0.6 is 0 Å². The molecular formula is C23H24FNO4S. The second kappa shape index (κ2) is 9.47. The number of aliphatic hydroxyl groups excluding tert-OH is 2. The van der Waals surface area contributed by atoms with Gasteiger partial charge < -0.3 is 15.5 Å². The maximum atomic E-state index is 13.9. The van der Waals surface area contributed by atoms with E-state index < -0.39 is 23.5 Å². The topological polar surface area (TPSA) is 86.6 Å². The van der Waals surface area contributed by atoms with Gasteiger partial charge in [-0.05, 0) is 70.7 Å². The van der Waals surface area contributed by atoms with Gasteiger partial charge in [0.05, 0.1) is 19.1 Å². The van der Waals surface area contributed by atoms with Crippen molar-refractivity contribution in [2.75, 3.05) is 19.4 Å². The van der Waals surface area contributed by atoms with E-state index in [1.54, 1.807) is 12.3 Å². The fourth-order valence-electron chi connectivity index (χ4n) is 3.42. The minimum atomic E-state index is -1.06. The van der Waals surface area contributed by atoms with Crippen LogP contribution in [-0.4, -0.2) is 45.8 Å². The molecule has 2 unspecified atom stereocenters. The van der Waals surface area contributed by atoms with Crippen LogP contribution in [0.2, 0.25) is 0 Å². The minimum Gasteiger partial charge on any atom is -0.394 e. The zero-order valence-corrected chi connectivity index (χ0v) is 17.6. The molecule has 1 amide bonds. The van der Waals surface area contributed by atoms with Gasteiger partial charge in [0, 0.05) is 28.5 Å². The fourth-order valence-corrected chi connectivity index (χ4v) is 3.94. The summed E-state index contributed by atoms with van der Waals surface area (Å²) in [5.41, 5.74) is 4.91. The zero-order chi connectivity index (χ0) is 21.8. The Morgan fingerprint density at radius 2 is 1.90 bits per heavy atom. The highest BCUT2D eigenvalue weighted by atomic mass is 32.2. The van der Waals surface area contributed by atoms with Gasteiger partial charge in [-0.3, -0.25) is 9.00 Å². The van der Waals surface area contributed by atoms with Gasteiger partial charge in [-0.1, -0.05) is 18.2 Å². The first-order chi connectivity index (χ1) is 14.3. The highest BCUT2D eigenvalue weighted by Crippen LogP contribution is 2.43. The summed E-state index contributed by atoms with van der Waals surface area (Å²) in [5.74, 6) is -0.700. The Kier molecular flexibility index (Phi) is 6.97. The van der Waals surface area contributed by atoms with E-state index in [9.17, 15) is 18.5 Å². The van der Waals surface area contributed by atoms with Gasteiger partial charge in [-0.2, -0.15) is 0 Å². The third-order valence-corrected chi connectivity index (χ3v) is 6.00. The molecule has 2 aromatic carbocycles. The van der Waals surface area contributed by atoms with Crippen molar-refractivity contribution in [3.05, 3.63) is 70.5 Å². The van der Waals surface area contributed by atoms with Crippen LogP contribution < -0.4 is 5.32 Å². The summed E-state index contributed by atoms with van der Waals surface area (Å²) in [5, 5.41) is 20.9. The van der Waals surface area contributed by atoms with Crippen LogP contribution in [0, 0.1) is 5.82 Å². The van der Waals surface area contributed by atoms with Crippen molar-refractivity contribution in [1.29, 1.82) is 0 Å². The largest absolute Gasteiger partial charge is 0.394 e. The van der Waals surface area contributed by atoms with Crippen molar-refractivity contribution >= 4 is 33.9 Å². The van der Waals surface area contributed by atoms with E-state index in [1.165, 1.54) is 12.1 Å². The molecule has 3 N–H and O–H groups in total. The van der Waals surface area contributed by atoms with E-state index in [-0.39, 0.29) is 24.7 Å². The number of amides is 1. The van der Waals surface area contributed by atoms with Crippen molar-refractivity contribution in [2.24, 2.45) is 0 Å². The van der Waals surface area contributed by atoms with E-state index in [0.717, 1.165) is 32.7 Å². The summed E-state index contributed by atoms with van der Waals surface area (Å²) in [6.07, 6.45) is 2.60. The molecule has 0 spiro atoms. The van der Waals surface area contributed by atoms with E-state index in [0.29, 0.717) is 5.56 Å². The molecule has 0 radical (unpaired) electrons. The first-order valence-corrected chi connectivity index (χ1v) is 11.1. The highest BCUT2D eigenvalue weighted by Gasteiger charge is 2.25. The van der Waals surface area contributed by atoms with E-state index in [1.807, 2.05) is 37.3 Å². The van der Waals surface area contributed by atoms with Crippen LogP contribution in [0.15, 0.2) is 52.9 Å². The Labute approximate surface area is 177 Å². The number of hydrogen-bond acceptors (Lipinski definition) is 4. The lowest BCUT2D eigenvalue weighted by molar-refractivity contribution is -0.120. The van der Waals surface area contributed by atoms with Crippen LogP contribution in [0.1, 0.15) is 30.0 Å². The Morgan fingerprint density at radius 3 is 2.53 bits per heavy atom. The molecule has 5 nitrogen and oxygen atoms in total. The molecule has 7 heteroatoms. The lowest BCUT2D eigenvalue weighted by atomic mass is 10.0. The fraction of sp³-hybridized carbons (Fsp3) is 0.261. The second-order valence-electron chi connectivity index (χ2n) is 7.19. The zero-order valence-electron chi connectivity index (χ0n) is 16.8. The second-order valence-corrected chi connectivity index (χ2v) is 8.57. The van der Waals surface area contributed by atoms with Gasteiger partial charge in [-0.25, -0.2) is 4.39 Å². The summed E-state index contributed by atoms with van der Waals surface area (Å²) in [4.78, 5) is 13.1. The Bertz CT molecular complexity index is 1040. The van der Waals surface area contributed by atoms with Gasteiger partial charge in [0.15, 0.2) is 0 Å². The number of rotatable bonds is 7. The number of carbonyl (C=O) groups excluding carboxylic acids is 1. The monoisotopic (exact) mass is 429 g/mol. The SMILES string of the molecule is CC1=C(CC(=O)NCC(O)CO)c2cc(F)ccc2/C1=C/c1ccc(S(C)=O)cc1. The predicted octanol–water partition coefficient (Wildman–Crippen LogP) is 2.75. The highest BCUT2D eigenvalue weighted by molar-refractivity contribution is 7.84. The number of aliphatic hydroxyl groups is 2. The van der Waals surface area contributed by atoms with Crippen LogP contribution in [0.3, 0.4) is 0 Å². The average molecular weight is 430 g/mol. The normalized spacial score (nSPS) is 16.5. The van der Waals surface area contributed by atoms with E-state index in [4.69, 9.17) is 5.11 Å². The summed E-state index contributed by atoms with van der Waals surface area (Å²) in [6, 6.07) is 11.9. The van der Waals surface area contributed by atoms with Crippen molar-refractivity contribution in [1.82, 2.24) is 5.32 Å². The molecule has 3 rings (SSSR count). The lowest BCUT2D eigenvalue weighted by Gasteiger charge is -2.10. The first-order valence-electron chi connectivity index (χ1n) is 9.51. The number of benzene rings is 2. The summed E-state index contributed by atoms with van der Waals surface area (Å²) in [7, 11) is -1.06. The number of nitrogens with one attached hydrogen (secondary N) is 1. The van der Waals surface area contributed by atoms with Crippen molar-refractivity contribution in [2.45, 2.75) is 24.3 Å². The maximum Gasteiger partial charge on any atom is 0.224 e. The Hall–Kier alpha value is -2.61. The van der Waals surface area contributed by atoms with E-state index in [2.05, 4.69) is 5.32 Å². The summed E-state index contributed by atoms with van der Waals surface area (Å²) >= 11 is 0. The molecule has 1 aliphatic rings. The maximum absolute atomic E-state index is 13.9. The number of hydrogen-bond donors (Lipinski definition) is 3. The predicted molar refractivity (Wildman–Crippen MR) is 116 cm³/mol. The summed E-state index contributed by atoms with van der Waals surface area (Å²) < 4.78 is 25.5. The molecular weight excluding hydrogens is 405 g/mol. The van der Waals surface area contributed by atoms with Crippen molar-refractivity contribution in [3.8, 4) is 0 Å². The molecule has 0 bridgehead atoms. The standard InChI is InChI=1S/C23H24FNO4S/c1-14-20(9-15-3-6-18(7-4-15)30(2)29)19-8-5-16(24)10-22(19)21(14)11-23(28)25-12-17(27)13-26/h3-10,17,26-27H,11-13H2,1-2H3,(H,25,28)/b20-9+. The molecule has 0 aliphatic heterocycles. The van der Waals surface area contributed by atoms with Crippen LogP contribution in [0.25, 0.3) is 17.2 Å². The molecule has 1 aliphatic carbocycles. The Balaban J connectivity index is 1.94. The first kappa shape index (κ1) is 22.1. The molecule has 0 saturated heterocycles. The van der Waals surface area contributed by atoms with Gasteiger partial charge in [0.25, 0.3) is 0 Å². The van der Waals surface area contributed by atoms with Gasteiger partial charge in [0.1, 0.15) is 5.82 Å². The van der Waals surface area contributed by atoms with Gasteiger partial charge in [0.2, 0.25) is 5.91 Å². The third kappa shape index (κ3) is 4.92. The van der Waals surface area contributed by atoms with Crippen LogP contribution in [-0.2, 0) is 15.6 Å². The molecule has 0 saturated carbocycles. The summed E-state index contributed by atoms with van der Waals surface area (Å²) in [6.45, 7) is 1.41. The molecule has 0 fully saturated rings. The van der Waals surface area contributed by atoms with Crippen LogP contribution in [0.4, 0.5) is 4.39 Å². The molecule has 0 aromatic heterocycles. The number of carbonyl (C=O) groups is 1. The average Bonchev–Trinajstić information content (AvgIpc) is 2.97. The van der Waals surface area contributed by atoms with Gasteiger partial charge >= 0.3 is 0 Å². The van der Waals surface area contributed by atoms with Gasteiger partial charge in [-0.15, -0.1) is 0 Å². The molecule has 158 valence electrons. The quantitative estimate of drug-likeness (QED) is 0.632. The number of allylic oxidation sites excluding steroid dienone is 2. The molecule has 30 heavy (non-hydrogen) atoms. The minimum absolute atomic E-state index is 0.0333. The van der Waals surface area contributed by atoms with Crippen LogP contribution in [0.5, 0.6) is 0 Å². The van der Waals surface area contributed by atoms with Crippen molar-refractivity contribution in [3.63, 3.8) is 0 Å². The Morgan fingerprint density at radius 1 is 1.20 bits per heavy atom. The van der Waals surface area contributed by atoms with E-state index >= 15 is 0 Å². The number of halogens is 1. The van der Waals surface area contributed by atoms with Crippen molar-refractivity contribution < 1.29 is 23.6 Å². The lowest BCUT2D eigenvalue weighted by Crippen LogP contribution is -2.33. The number of fused-ring (bicyclic) bond motifs is 1. The molecule has 0 heterocycles. The molecule has 2 aromatic rings. The third-order valence-electron chi connectivity index (χ3n) is 5.06. The molecule has 2 atom stereocenters.